The van der Waals surface area contributed by atoms with Crippen LogP contribution in [0.15, 0.2) is 82.5 Å². The van der Waals surface area contributed by atoms with Crippen LogP contribution >= 0.6 is 11.8 Å². The molecule has 1 heterocycles. The van der Waals surface area contributed by atoms with E-state index in [1.165, 1.54) is 16.0 Å². The number of aryl methyl sites for hydroxylation is 2. The number of rotatable bonds is 4. The first-order valence-electron chi connectivity index (χ1n) is 8.89. The molecule has 27 heavy (non-hydrogen) atoms. The Kier molecular flexibility index (Phi) is 4.82. The summed E-state index contributed by atoms with van der Waals surface area (Å²) in [7, 11) is 0. The molecule has 0 unspecified atom stereocenters. The van der Waals surface area contributed by atoms with Gasteiger partial charge in [0.1, 0.15) is 5.82 Å². The highest BCUT2D eigenvalue weighted by Crippen LogP contribution is 2.27. The van der Waals surface area contributed by atoms with Crippen molar-refractivity contribution in [2.75, 3.05) is 0 Å². The molecule has 0 fully saturated rings. The maximum Gasteiger partial charge on any atom is 0.265 e. The lowest BCUT2D eigenvalue weighted by Crippen LogP contribution is -2.23. The average molecular weight is 372 g/mol. The van der Waals surface area contributed by atoms with Crippen LogP contribution in [-0.2, 0) is 5.75 Å². The van der Waals surface area contributed by atoms with Gasteiger partial charge in [0.25, 0.3) is 5.56 Å². The molecule has 0 amide bonds. The Hall–Kier alpha value is -2.85. The largest absolute Gasteiger partial charge is 0.268 e. The molecule has 0 N–H and O–H groups in total. The summed E-state index contributed by atoms with van der Waals surface area (Å²) >= 11 is 1.72. The Morgan fingerprint density at radius 3 is 2.48 bits per heavy atom. The fourth-order valence-corrected chi connectivity index (χ4v) is 4.17. The van der Waals surface area contributed by atoms with Crippen LogP contribution in [0.3, 0.4) is 0 Å². The van der Waals surface area contributed by atoms with Crippen molar-refractivity contribution >= 4 is 22.7 Å². The normalized spacial score (nSPS) is 11.0. The van der Waals surface area contributed by atoms with Crippen molar-refractivity contribution in [3.63, 3.8) is 0 Å². The zero-order valence-electron chi connectivity index (χ0n) is 15.3. The number of hydrogen-bond donors (Lipinski definition) is 0. The number of para-hydroxylation sites is 2. The summed E-state index contributed by atoms with van der Waals surface area (Å²) in [5.74, 6) is 1.38. The first-order chi connectivity index (χ1) is 13.1. The van der Waals surface area contributed by atoms with Crippen LogP contribution in [0.25, 0.3) is 16.6 Å². The Morgan fingerprint density at radius 1 is 0.926 bits per heavy atom. The second-order valence-corrected chi connectivity index (χ2v) is 7.60. The molecular formula is C23H20N2OS. The summed E-state index contributed by atoms with van der Waals surface area (Å²) in [4.78, 5) is 19.2. The lowest BCUT2D eigenvalue weighted by atomic mass is 10.2. The van der Waals surface area contributed by atoms with E-state index in [2.05, 4.69) is 32.0 Å². The van der Waals surface area contributed by atoms with Crippen molar-refractivity contribution in [3.05, 3.63) is 100 Å². The van der Waals surface area contributed by atoms with Crippen LogP contribution in [0.2, 0.25) is 0 Å². The van der Waals surface area contributed by atoms with E-state index in [-0.39, 0.29) is 5.56 Å². The van der Waals surface area contributed by atoms with Crippen molar-refractivity contribution in [1.29, 1.82) is 0 Å². The summed E-state index contributed by atoms with van der Waals surface area (Å²) in [6.07, 6.45) is 0. The molecule has 0 saturated carbocycles. The predicted molar refractivity (Wildman–Crippen MR) is 113 cm³/mol. The number of hydrogen-bond acceptors (Lipinski definition) is 3. The van der Waals surface area contributed by atoms with Crippen molar-refractivity contribution in [2.45, 2.75) is 24.5 Å². The fourth-order valence-electron chi connectivity index (χ4n) is 3.12. The standard InChI is InChI=1S/C23H20N2OS/c1-16-12-13-17(2)21(14-16)27-15-22-24-20-11-7-6-10-19(20)23(26)25(22)18-8-4-3-5-9-18/h3-14H,15H2,1-2H3. The quantitative estimate of drug-likeness (QED) is 0.456. The second kappa shape index (κ2) is 7.41. The molecule has 134 valence electrons. The highest BCUT2D eigenvalue weighted by molar-refractivity contribution is 7.98. The van der Waals surface area contributed by atoms with E-state index in [1.54, 1.807) is 16.3 Å². The van der Waals surface area contributed by atoms with Gasteiger partial charge < -0.3 is 0 Å². The molecule has 0 bridgehead atoms. The lowest BCUT2D eigenvalue weighted by molar-refractivity contribution is 0.884. The van der Waals surface area contributed by atoms with Crippen molar-refractivity contribution in [2.24, 2.45) is 0 Å². The van der Waals surface area contributed by atoms with Gasteiger partial charge in [-0.15, -0.1) is 11.8 Å². The van der Waals surface area contributed by atoms with E-state index in [4.69, 9.17) is 4.98 Å². The molecule has 0 radical (unpaired) electrons. The predicted octanol–water partition coefficient (Wildman–Crippen LogP) is 5.29. The van der Waals surface area contributed by atoms with Gasteiger partial charge in [-0.2, -0.15) is 0 Å². The van der Waals surface area contributed by atoms with Crippen LogP contribution in [0.5, 0.6) is 0 Å². The number of benzene rings is 3. The number of nitrogens with zero attached hydrogens (tertiary/aromatic N) is 2. The van der Waals surface area contributed by atoms with E-state index in [9.17, 15) is 4.79 Å². The summed E-state index contributed by atoms with van der Waals surface area (Å²) in [5, 5.41) is 0.641. The minimum atomic E-state index is -0.0247. The summed E-state index contributed by atoms with van der Waals surface area (Å²) in [6.45, 7) is 4.21. The van der Waals surface area contributed by atoms with E-state index >= 15 is 0 Å². The molecule has 0 aliphatic carbocycles. The molecular weight excluding hydrogens is 352 g/mol. The van der Waals surface area contributed by atoms with E-state index in [0.717, 1.165) is 17.0 Å². The topological polar surface area (TPSA) is 34.9 Å². The van der Waals surface area contributed by atoms with Gasteiger partial charge in [0, 0.05) is 4.90 Å². The molecule has 0 aliphatic rings. The molecule has 4 heteroatoms. The van der Waals surface area contributed by atoms with Crippen LogP contribution in [0.4, 0.5) is 0 Å². The molecule has 4 aromatic rings. The smallest absolute Gasteiger partial charge is 0.265 e. The lowest BCUT2D eigenvalue weighted by Gasteiger charge is -2.14. The van der Waals surface area contributed by atoms with Crippen LogP contribution < -0.4 is 5.56 Å². The van der Waals surface area contributed by atoms with Crippen LogP contribution in [0.1, 0.15) is 17.0 Å². The van der Waals surface area contributed by atoms with Gasteiger partial charge in [-0.25, -0.2) is 4.98 Å². The van der Waals surface area contributed by atoms with E-state index in [0.29, 0.717) is 11.1 Å². The van der Waals surface area contributed by atoms with Gasteiger partial charge in [-0.1, -0.05) is 48.0 Å². The van der Waals surface area contributed by atoms with Crippen molar-refractivity contribution < 1.29 is 0 Å². The third-order valence-electron chi connectivity index (χ3n) is 4.56. The number of fused-ring (bicyclic) bond motifs is 1. The van der Waals surface area contributed by atoms with Gasteiger partial charge in [-0.3, -0.25) is 9.36 Å². The molecule has 4 rings (SSSR count). The molecule has 0 spiro atoms. The first kappa shape index (κ1) is 17.6. The molecule has 0 atom stereocenters. The van der Waals surface area contributed by atoms with Crippen molar-refractivity contribution in [3.8, 4) is 5.69 Å². The maximum absolute atomic E-state index is 13.2. The molecule has 1 aromatic heterocycles. The van der Waals surface area contributed by atoms with Crippen LogP contribution in [0, 0.1) is 13.8 Å². The molecule has 3 aromatic carbocycles. The van der Waals surface area contributed by atoms with Crippen molar-refractivity contribution in [1.82, 2.24) is 9.55 Å². The zero-order chi connectivity index (χ0) is 18.8. The average Bonchev–Trinajstić information content (AvgIpc) is 2.69. The Labute approximate surface area is 162 Å². The molecule has 0 aliphatic heterocycles. The Balaban J connectivity index is 1.83. The third kappa shape index (κ3) is 3.53. The third-order valence-corrected chi connectivity index (χ3v) is 5.71. The minimum absolute atomic E-state index is 0.0247. The van der Waals surface area contributed by atoms with E-state index in [1.807, 2.05) is 54.6 Å². The summed E-state index contributed by atoms with van der Waals surface area (Å²) in [6, 6.07) is 23.7. The monoisotopic (exact) mass is 372 g/mol. The second-order valence-electron chi connectivity index (χ2n) is 6.58. The number of aromatic nitrogens is 2. The van der Waals surface area contributed by atoms with Gasteiger partial charge in [0.2, 0.25) is 0 Å². The van der Waals surface area contributed by atoms with Crippen LogP contribution in [-0.4, -0.2) is 9.55 Å². The van der Waals surface area contributed by atoms with Gasteiger partial charge in [-0.05, 0) is 49.7 Å². The highest BCUT2D eigenvalue weighted by atomic mass is 32.2. The molecule has 0 saturated heterocycles. The Morgan fingerprint density at radius 2 is 1.67 bits per heavy atom. The SMILES string of the molecule is Cc1ccc(C)c(SCc2nc3ccccc3c(=O)n2-c2ccccc2)c1. The highest BCUT2D eigenvalue weighted by Gasteiger charge is 2.13. The summed E-state index contributed by atoms with van der Waals surface area (Å²) < 4.78 is 1.74. The minimum Gasteiger partial charge on any atom is -0.268 e. The van der Waals surface area contributed by atoms with Gasteiger partial charge in [0.05, 0.1) is 22.3 Å². The van der Waals surface area contributed by atoms with Gasteiger partial charge >= 0.3 is 0 Å². The molecule has 3 nitrogen and oxygen atoms in total. The zero-order valence-corrected chi connectivity index (χ0v) is 16.2. The maximum atomic E-state index is 13.2. The number of thioether (sulfide) groups is 1. The van der Waals surface area contributed by atoms with Gasteiger partial charge in [0.15, 0.2) is 0 Å². The summed E-state index contributed by atoms with van der Waals surface area (Å²) in [5.41, 5.74) is 4.03. The van der Waals surface area contributed by atoms with E-state index < -0.39 is 0 Å². The Bertz CT molecular complexity index is 1170. The fraction of sp³-hybridized carbons (Fsp3) is 0.130. The first-order valence-corrected chi connectivity index (χ1v) is 9.88.